The van der Waals surface area contributed by atoms with Crippen LogP contribution in [0.15, 0.2) is 193 Å². The number of rotatable bonds is 8. The molecule has 2 heteroatoms. The van der Waals surface area contributed by atoms with Gasteiger partial charge < -0.3 is 4.90 Å². The Labute approximate surface area is 326 Å². The molecule has 2 atom stereocenters. The molecule has 3 aliphatic rings. The third kappa shape index (κ3) is 6.11. The lowest BCUT2D eigenvalue weighted by atomic mass is 9.73. The predicted octanol–water partition coefficient (Wildman–Crippen LogP) is 12.5. The van der Waals surface area contributed by atoms with Gasteiger partial charge in [-0.05, 0) is 107 Å². The summed E-state index contributed by atoms with van der Waals surface area (Å²) in [5, 5.41) is 5.29. The molecule has 270 valence electrons. The van der Waals surface area contributed by atoms with Crippen molar-refractivity contribution < 1.29 is 4.58 Å². The van der Waals surface area contributed by atoms with Crippen molar-refractivity contribution in [2.75, 3.05) is 19.0 Å². The molecule has 9 rings (SSSR count). The van der Waals surface area contributed by atoms with Crippen molar-refractivity contribution in [3.63, 3.8) is 0 Å². The van der Waals surface area contributed by atoms with E-state index in [0.717, 1.165) is 25.7 Å². The van der Waals surface area contributed by atoms with Crippen LogP contribution in [0.3, 0.4) is 0 Å². The zero-order valence-electron chi connectivity index (χ0n) is 32.5. The average Bonchev–Trinajstić information content (AvgIpc) is 3.82. The highest BCUT2D eigenvalue weighted by Crippen LogP contribution is 2.52. The molecule has 0 fully saturated rings. The number of hydrogen-bond donors (Lipinski definition) is 0. The molecule has 2 heterocycles. The molecule has 0 saturated carbocycles. The molecule has 1 aliphatic carbocycles. The molecule has 0 aromatic heterocycles. The molecule has 2 aliphatic heterocycles. The summed E-state index contributed by atoms with van der Waals surface area (Å²) in [6.45, 7) is 4.87. The Kier molecular flexibility index (Phi) is 8.86. The predicted molar refractivity (Wildman–Crippen MR) is 234 cm³/mol. The standard InChI is InChI=1S/C53H49N2/c1-52(36-40-17-7-5-8-18-40)48(54(3)46-33-31-42-23-11-13-25-44(42)50(46)52)27-15-21-38-29-30-39(35-38)22-16-28-49-53(2,37-41-19-9-6-10-20-41)51-45-26-14-12-24-43(45)32-34-47(51)55(49)4/h5-28,31-35H,29-30,36-37H2,1-4H3/q+1. The van der Waals surface area contributed by atoms with Crippen LogP contribution in [0, 0.1) is 0 Å². The molecule has 0 N–H and O–H groups in total. The third-order valence-corrected chi connectivity index (χ3v) is 12.5. The molecule has 0 saturated heterocycles. The van der Waals surface area contributed by atoms with E-state index in [0.29, 0.717) is 0 Å². The van der Waals surface area contributed by atoms with Gasteiger partial charge in [0.15, 0.2) is 5.71 Å². The minimum Gasteiger partial charge on any atom is -0.347 e. The van der Waals surface area contributed by atoms with Crippen LogP contribution < -0.4 is 4.90 Å². The van der Waals surface area contributed by atoms with E-state index in [9.17, 15) is 0 Å². The number of likely N-dealkylation sites (N-methyl/N-ethyl adjacent to an activating group) is 1. The first-order valence-corrected chi connectivity index (χ1v) is 19.8. The van der Waals surface area contributed by atoms with Crippen LogP contribution in [0.4, 0.5) is 11.4 Å². The second kappa shape index (κ2) is 14.0. The van der Waals surface area contributed by atoms with Crippen molar-refractivity contribution in [1.82, 2.24) is 0 Å². The van der Waals surface area contributed by atoms with Gasteiger partial charge >= 0.3 is 0 Å². The molecular formula is C53H49N2+. The lowest BCUT2D eigenvalue weighted by molar-refractivity contribution is -0.401. The fraction of sp³-hybridized carbons (Fsp3) is 0.189. The zero-order chi connectivity index (χ0) is 37.6. The molecule has 2 unspecified atom stereocenters. The normalized spacial score (nSPS) is 22.3. The Morgan fingerprint density at radius 1 is 0.600 bits per heavy atom. The van der Waals surface area contributed by atoms with Gasteiger partial charge in [0.2, 0.25) is 5.69 Å². The Morgan fingerprint density at radius 3 is 1.87 bits per heavy atom. The van der Waals surface area contributed by atoms with Gasteiger partial charge in [0, 0.05) is 41.6 Å². The fourth-order valence-corrected chi connectivity index (χ4v) is 9.91. The summed E-state index contributed by atoms with van der Waals surface area (Å²) in [6, 6.07) is 48.8. The van der Waals surface area contributed by atoms with E-state index in [1.165, 1.54) is 77.7 Å². The van der Waals surface area contributed by atoms with Crippen molar-refractivity contribution >= 4 is 38.6 Å². The average molecular weight is 714 g/mol. The van der Waals surface area contributed by atoms with Gasteiger partial charge in [-0.1, -0.05) is 146 Å². The summed E-state index contributed by atoms with van der Waals surface area (Å²) in [6.07, 6.45) is 20.3. The number of hydrogen-bond acceptors (Lipinski definition) is 1. The SMILES string of the molecule is CN1/C(=C/C=C/C2=CC(=C/C=C/C3=[N+](C)c4ccc5ccccc5c4C3(C)Cc3ccccc3)/CC2)C(C)(Cc2ccccc2)c2c1ccc1ccccc21. The van der Waals surface area contributed by atoms with Crippen LogP contribution in [-0.2, 0) is 23.7 Å². The number of nitrogens with zero attached hydrogens (tertiary/aromatic N) is 2. The molecule has 6 aromatic rings. The second-order valence-electron chi connectivity index (χ2n) is 16.1. The van der Waals surface area contributed by atoms with Crippen molar-refractivity contribution in [3.8, 4) is 0 Å². The maximum Gasteiger partial charge on any atom is 0.210 e. The van der Waals surface area contributed by atoms with Gasteiger partial charge in [-0.15, -0.1) is 0 Å². The molecular weight excluding hydrogens is 665 g/mol. The number of benzene rings is 6. The Bertz CT molecular complexity index is 2630. The smallest absolute Gasteiger partial charge is 0.210 e. The lowest BCUT2D eigenvalue weighted by Crippen LogP contribution is -2.33. The van der Waals surface area contributed by atoms with Gasteiger partial charge in [-0.3, -0.25) is 0 Å². The van der Waals surface area contributed by atoms with Gasteiger partial charge in [-0.25, -0.2) is 0 Å². The molecule has 2 nitrogen and oxygen atoms in total. The van der Waals surface area contributed by atoms with Crippen molar-refractivity contribution in [1.29, 1.82) is 0 Å². The molecule has 0 bridgehead atoms. The van der Waals surface area contributed by atoms with Gasteiger partial charge in [0.25, 0.3) is 0 Å². The fourth-order valence-electron chi connectivity index (χ4n) is 9.91. The first-order chi connectivity index (χ1) is 26.8. The number of allylic oxidation sites excluding steroid dienone is 10. The first-order valence-electron chi connectivity index (χ1n) is 19.8. The quantitative estimate of drug-likeness (QED) is 0.142. The van der Waals surface area contributed by atoms with Gasteiger partial charge in [0.05, 0.1) is 5.41 Å². The Morgan fingerprint density at radius 2 is 1.18 bits per heavy atom. The van der Waals surface area contributed by atoms with E-state index in [1.807, 2.05) is 0 Å². The highest BCUT2D eigenvalue weighted by atomic mass is 15.2. The third-order valence-electron chi connectivity index (χ3n) is 12.5. The number of fused-ring (bicyclic) bond motifs is 6. The Hall–Kier alpha value is -5.99. The monoisotopic (exact) mass is 713 g/mol. The lowest BCUT2D eigenvalue weighted by Gasteiger charge is -2.29. The molecule has 0 spiro atoms. The summed E-state index contributed by atoms with van der Waals surface area (Å²) < 4.78 is 2.42. The highest BCUT2D eigenvalue weighted by molar-refractivity contribution is 6.08. The van der Waals surface area contributed by atoms with E-state index in [1.54, 1.807) is 0 Å². The van der Waals surface area contributed by atoms with Crippen LogP contribution in [-0.4, -0.2) is 24.4 Å². The van der Waals surface area contributed by atoms with E-state index >= 15 is 0 Å². The van der Waals surface area contributed by atoms with Crippen LogP contribution in [0.5, 0.6) is 0 Å². The van der Waals surface area contributed by atoms with Crippen molar-refractivity contribution in [3.05, 3.63) is 215 Å². The topological polar surface area (TPSA) is 6.25 Å². The van der Waals surface area contributed by atoms with Crippen LogP contribution >= 0.6 is 0 Å². The van der Waals surface area contributed by atoms with Crippen LogP contribution in [0.1, 0.15) is 48.9 Å². The van der Waals surface area contributed by atoms with E-state index in [-0.39, 0.29) is 10.8 Å². The Balaban J connectivity index is 1.00. The zero-order valence-corrected chi connectivity index (χ0v) is 32.5. The summed E-state index contributed by atoms with van der Waals surface area (Å²) in [5.41, 5.74) is 13.3. The van der Waals surface area contributed by atoms with Gasteiger partial charge in [0.1, 0.15) is 7.05 Å². The van der Waals surface area contributed by atoms with E-state index < -0.39 is 0 Å². The molecule has 55 heavy (non-hydrogen) atoms. The molecule has 0 radical (unpaired) electrons. The van der Waals surface area contributed by atoms with Crippen molar-refractivity contribution in [2.45, 2.75) is 50.4 Å². The first kappa shape index (κ1) is 34.8. The van der Waals surface area contributed by atoms with Crippen LogP contribution in [0.25, 0.3) is 21.5 Å². The van der Waals surface area contributed by atoms with Crippen molar-refractivity contribution in [2.24, 2.45) is 0 Å². The summed E-state index contributed by atoms with van der Waals surface area (Å²) in [4.78, 5) is 2.42. The minimum atomic E-state index is -0.164. The van der Waals surface area contributed by atoms with E-state index in [4.69, 9.17) is 0 Å². The minimum absolute atomic E-state index is 0.164. The maximum absolute atomic E-state index is 2.43. The van der Waals surface area contributed by atoms with E-state index in [2.05, 4.69) is 213 Å². The summed E-state index contributed by atoms with van der Waals surface area (Å²) >= 11 is 0. The molecule has 0 amide bonds. The summed E-state index contributed by atoms with van der Waals surface area (Å²) in [5.74, 6) is 0. The highest BCUT2D eigenvalue weighted by Gasteiger charge is 2.48. The largest absolute Gasteiger partial charge is 0.347 e. The van der Waals surface area contributed by atoms with Gasteiger partial charge in [-0.2, -0.15) is 4.58 Å². The second-order valence-corrected chi connectivity index (χ2v) is 16.1. The number of anilines is 1. The summed E-state index contributed by atoms with van der Waals surface area (Å²) in [7, 11) is 4.47. The maximum atomic E-state index is 2.43. The van der Waals surface area contributed by atoms with Crippen LogP contribution in [0.2, 0.25) is 0 Å². The molecule has 6 aromatic carbocycles.